The lowest BCUT2D eigenvalue weighted by atomic mass is 9.75. The third-order valence-electron chi connectivity index (χ3n) is 6.65. The Morgan fingerprint density at radius 3 is 2.61 bits per heavy atom. The molecule has 3 aromatic rings. The lowest BCUT2D eigenvalue weighted by Gasteiger charge is -2.41. The summed E-state index contributed by atoms with van der Waals surface area (Å²) in [6, 6.07) is 10.4. The van der Waals surface area contributed by atoms with Crippen LogP contribution < -0.4 is 21.9 Å². The molecule has 2 fully saturated rings. The zero-order valence-electron chi connectivity index (χ0n) is 16.7. The average Bonchev–Trinajstić information content (AvgIpc) is 3.11. The number of piperidine rings is 1. The summed E-state index contributed by atoms with van der Waals surface area (Å²) >= 11 is 12.3. The van der Waals surface area contributed by atoms with Crippen LogP contribution in [-0.4, -0.2) is 41.9 Å². The molecule has 3 heterocycles. The van der Waals surface area contributed by atoms with Crippen molar-refractivity contribution in [2.24, 2.45) is 11.1 Å². The van der Waals surface area contributed by atoms with E-state index in [4.69, 9.17) is 33.7 Å². The highest BCUT2D eigenvalue weighted by atomic mass is 35.5. The summed E-state index contributed by atoms with van der Waals surface area (Å²) in [4.78, 5) is 31.0. The third-order valence-corrected chi connectivity index (χ3v) is 7.46. The van der Waals surface area contributed by atoms with Crippen molar-refractivity contribution in [3.05, 3.63) is 67.3 Å². The predicted molar refractivity (Wildman–Crippen MR) is 123 cm³/mol. The van der Waals surface area contributed by atoms with Crippen molar-refractivity contribution in [2.75, 3.05) is 31.2 Å². The van der Waals surface area contributed by atoms with Crippen LogP contribution in [0.2, 0.25) is 10.0 Å². The van der Waals surface area contributed by atoms with Gasteiger partial charge in [0.1, 0.15) is 0 Å². The fourth-order valence-electron chi connectivity index (χ4n) is 4.68. The van der Waals surface area contributed by atoms with Gasteiger partial charge in [0.2, 0.25) is 0 Å². The largest absolute Gasteiger partial charge is 0.379 e. The van der Waals surface area contributed by atoms with E-state index in [1.165, 1.54) is 0 Å². The fraction of sp³-hybridized carbons (Fsp3) is 0.364. The minimum atomic E-state index is -0.564. The fourth-order valence-corrected chi connectivity index (χ4v) is 5.06. The number of rotatable bonds is 2. The van der Waals surface area contributed by atoms with E-state index < -0.39 is 11.2 Å². The summed E-state index contributed by atoms with van der Waals surface area (Å²) in [5, 5.41) is 0.833. The Morgan fingerprint density at radius 2 is 1.90 bits per heavy atom. The summed E-state index contributed by atoms with van der Waals surface area (Å²) < 4.78 is 6.62. The standard InChI is InChI=1S/C22H22Cl2N4O3/c23-15-2-1-3-17(19(15)24)28-20(29)14-5-4-13(10-16(14)26-21(28)30)27-8-6-22(7-9-27)12-31-11-18(22)25/h1-5,10,18H,6-9,11-12,25H2,(H,26,30)/t18-/m1/s1. The lowest BCUT2D eigenvalue weighted by molar-refractivity contribution is 0.132. The molecule has 1 spiro atoms. The molecule has 31 heavy (non-hydrogen) atoms. The number of fused-ring (bicyclic) bond motifs is 1. The number of aromatic amines is 1. The molecule has 1 atom stereocenters. The van der Waals surface area contributed by atoms with Crippen molar-refractivity contribution in [3.63, 3.8) is 0 Å². The highest BCUT2D eigenvalue weighted by molar-refractivity contribution is 6.43. The van der Waals surface area contributed by atoms with Crippen LogP contribution in [0.4, 0.5) is 5.69 Å². The predicted octanol–water partition coefficient (Wildman–Crippen LogP) is 2.93. The monoisotopic (exact) mass is 460 g/mol. The first-order chi connectivity index (χ1) is 14.9. The highest BCUT2D eigenvalue weighted by Gasteiger charge is 2.44. The summed E-state index contributed by atoms with van der Waals surface area (Å²) in [5.74, 6) is 0. The molecule has 162 valence electrons. The molecule has 3 N–H and O–H groups in total. The van der Waals surface area contributed by atoms with E-state index >= 15 is 0 Å². The SMILES string of the molecule is N[C@@H]1COCC12CCN(c1ccc3c(=O)n(-c4cccc(Cl)c4Cl)c(=O)[nH]c3c1)CC2. The Labute approximate surface area is 188 Å². The molecule has 0 radical (unpaired) electrons. The van der Waals surface area contributed by atoms with Crippen LogP contribution in [0.3, 0.4) is 0 Å². The van der Waals surface area contributed by atoms with E-state index in [1.807, 2.05) is 12.1 Å². The molecule has 0 bridgehead atoms. The molecule has 2 aliphatic heterocycles. The van der Waals surface area contributed by atoms with Gasteiger partial charge in [0.15, 0.2) is 0 Å². The van der Waals surface area contributed by atoms with Gasteiger partial charge in [-0.05, 0) is 43.2 Å². The lowest BCUT2D eigenvalue weighted by Crippen LogP contribution is -2.49. The maximum Gasteiger partial charge on any atom is 0.333 e. The number of benzene rings is 2. The van der Waals surface area contributed by atoms with Gasteiger partial charge in [0.05, 0.1) is 39.8 Å². The van der Waals surface area contributed by atoms with Crippen LogP contribution in [0.15, 0.2) is 46.0 Å². The van der Waals surface area contributed by atoms with Crippen LogP contribution in [0.25, 0.3) is 16.6 Å². The van der Waals surface area contributed by atoms with Crippen molar-refractivity contribution >= 4 is 39.8 Å². The maximum atomic E-state index is 13.1. The van der Waals surface area contributed by atoms with Crippen LogP contribution in [0.1, 0.15) is 12.8 Å². The van der Waals surface area contributed by atoms with Crippen molar-refractivity contribution in [1.29, 1.82) is 0 Å². The number of halogens is 2. The highest BCUT2D eigenvalue weighted by Crippen LogP contribution is 2.39. The minimum absolute atomic E-state index is 0.0611. The zero-order valence-corrected chi connectivity index (χ0v) is 18.2. The van der Waals surface area contributed by atoms with Gasteiger partial charge in [0.25, 0.3) is 5.56 Å². The van der Waals surface area contributed by atoms with Gasteiger partial charge in [-0.1, -0.05) is 29.3 Å². The molecule has 7 nitrogen and oxygen atoms in total. The number of nitrogens with zero attached hydrogens (tertiary/aromatic N) is 2. The van der Waals surface area contributed by atoms with Crippen molar-refractivity contribution < 1.29 is 4.74 Å². The Morgan fingerprint density at radius 1 is 1.13 bits per heavy atom. The van der Waals surface area contributed by atoms with Gasteiger partial charge in [-0.2, -0.15) is 0 Å². The summed E-state index contributed by atoms with van der Waals surface area (Å²) in [5.41, 5.74) is 7.04. The van der Waals surface area contributed by atoms with Crippen LogP contribution in [-0.2, 0) is 4.74 Å². The second-order valence-corrected chi connectivity index (χ2v) is 9.13. The number of aromatic nitrogens is 2. The first kappa shape index (κ1) is 20.6. The molecule has 5 rings (SSSR count). The summed E-state index contributed by atoms with van der Waals surface area (Å²) in [6.45, 7) is 3.04. The van der Waals surface area contributed by atoms with Gasteiger partial charge >= 0.3 is 5.69 Å². The van der Waals surface area contributed by atoms with Crippen molar-refractivity contribution in [2.45, 2.75) is 18.9 Å². The van der Waals surface area contributed by atoms with Gasteiger partial charge in [-0.3, -0.25) is 4.79 Å². The van der Waals surface area contributed by atoms with Gasteiger partial charge in [0, 0.05) is 30.2 Å². The summed E-state index contributed by atoms with van der Waals surface area (Å²) in [6.07, 6.45) is 1.91. The second kappa shape index (κ2) is 7.67. The minimum Gasteiger partial charge on any atom is -0.379 e. The van der Waals surface area contributed by atoms with E-state index in [2.05, 4.69) is 9.88 Å². The number of anilines is 1. The molecule has 2 aromatic carbocycles. The van der Waals surface area contributed by atoms with Crippen molar-refractivity contribution in [1.82, 2.24) is 9.55 Å². The molecule has 2 saturated heterocycles. The van der Waals surface area contributed by atoms with Gasteiger partial charge in [-0.25, -0.2) is 9.36 Å². The zero-order chi connectivity index (χ0) is 21.8. The number of nitrogens with two attached hydrogens (primary N) is 1. The molecular formula is C22H22Cl2N4O3. The maximum absolute atomic E-state index is 13.1. The molecule has 0 saturated carbocycles. The van der Waals surface area contributed by atoms with Crippen molar-refractivity contribution in [3.8, 4) is 5.69 Å². The number of nitrogens with one attached hydrogen (secondary N) is 1. The Balaban J connectivity index is 1.50. The molecule has 0 unspecified atom stereocenters. The Bertz CT molecular complexity index is 1280. The molecule has 2 aliphatic rings. The topological polar surface area (TPSA) is 93.3 Å². The summed E-state index contributed by atoms with van der Waals surface area (Å²) in [7, 11) is 0. The molecular weight excluding hydrogens is 439 g/mol. The molecule has 9 heteroatoms. The first-order valence-corrected chi connectivity index (χ1v) is 11.0. The van der Waals surface area contributed by atoms with E-state index in [0.717, 1.165) is 42.8 Å². The number of hydrogen-bond donors (Lipinski definition) is 2. The van der Waals surface area contributed by atoms with Crippen LogP contribution in [0, 0.1) is 5.41 Å². The molecule has 0 amide bonds. The quantitative estimate of drug-likeness (QED) is 0.612. The number of H-pyrrole nitrogens is 1. The number of hydrogen-bond acceptors (Lipinski definition) is 5. The second-order valence-electron chi connectivity index (χ2n) is 8.34. The number of ether oxygens (including phenoxy) is 1. The van der Waals surface area contributed by atoms with E-state index in [1.54, 1.807) is 24.3 Å². The smallest absolute Gasteiger partial charge is 0.333 e. The van der Waals surface area contributed by atoms with Crippen LogP contribution >= 0.6 is 23.2 Å². The van der Waals surface area contributed by atoms with E-state index in [0.29, 0.717) is 17.5 Å². The Kier molecular flexibility index (Phi) is 5.09. The molecule has 0 aliphatic carbocycles. The van der Waals surface area contributed by atoms with E-state index in [-0.39, 0.29) is 27.2 Å². The van der Waals surface area contributed by atoms with Crippen LogP contribution in [0.5, 0.6) is 0 Å². The average molecular weight is 461 g/mol. The normalized spacial score (nSPS) is 20.6. The van der Waals surface area contributed by atoms with E-state index in [9.17, 15) is 9.59 Å². The Hall–Kier alpha value is -2.32. The van der Waals surface area contributed by atoms with Gasteiger partial charge in [-0.15, -0.1) is 0 Å². The van der Waals surface area contributed by atoms with Gasteiger partial charge < -0.3 is 20.4 Å². The third kappa shape index (κ3) is 3.36. The molecule has 1 aromatic heterocycles. The first-order valence-electron chi connectivity index (χ1n) is 10.2.